The monoisotopic (exact) mass is 331 g/mol. The predicted molar refractivity (Wildman–Crippen MR) is 89.6 cm³/mol. The van der Waals surface area contributed by atoms with E-state index in [2.05, 4.69) is 11.1 Å². The molecule has 1 aliphatic heterocycles. The molecule has 1 amide bonds. The standard InChI is InChI=1S/C18H25N3O3/c1-18(2,3)24-17(22)21-10-5-6-14(13-21)8-11-23-16-15(12-19)7-4-9-20-16/h4,7,9,14H,5-6,8,10-11,13H2,1-3H3/t14-/m0/s1. The minimum atomic E-state index is -0.472. The largest absolute Gasteiger partial charge is 0.477 e. The van der Waals surface area contributed by atoms with Crippen molar-refractivity contribution in [3.05, 3.63) is 23.9 Å². The molecular weight excluding hydrogens is 306 g/mol. The van der Waals surface area contributed by atoms with Crippen LogP contribution in [0, 0.1) is 17.2 Å². The molecule has 0 aliphatic carbocycles. The Morgan fingerprint density at radius 2 is 2.29 bits per heavy atom. The number of carbonyl (C=O) groups excluding carboxylic acids is 1. The lowest BCUT2D eigenvalue weighted by atomic mass is 9.95. The zero-order valence-electron chi connectivity index (χ0n) is 14.6. The van der Waals surface area contributed by atoms with E-state index in [1.165, 1.54) is 0 Å². The van der Waals surface area contributed by atoms with Gasteiger partial charge < -0.3 is 14.4 Å². The second-order valence-electron chi connectivity index (χ2n) is 7.04. The van der Waals surface area contributed by atoms with E-state index in [-0.39, 0.29) is 6.09 Å². The molecule has 24 heavy (non-hydrogen) atoms. The summed E-state index contributed by atoms with van der Waals surface area (Å²) < 4.78 is 11.1. The highest BCUT2D eigenvalue weighted by Gasteiger charge is 2.27. The molecule has 0 unspecified atom stereocenters. The number of rotatable bonds is 4. The van der Waals surface area contributed by atoms with Gasteiger partial charge in [0, 0.05) is 19.3 Å². The summed E-state index contributed by atoms with van der Waals surface area (Å²) >= 11 is 0. The molecule has 1 saturated heterocycles. The lowest BCUT2D eigenvalue weighted by Gasteiger charge is -2.34. The first-order valence-corrected chi connectivity index (χ1v) is 8.35. The van der Waals surface area contributed by atoms with Gasteiger partial charge in [-0.3, -0.25) is 0 Å². The number of carbonyl (C=O) groups is 1. The third kappa shape index (κ3) is 5.41. The molecule has 0 aromatic carbocycles. The molecule has 6 heteroatoms. The van der Waals surface area contributed by atoms with Crippen molar-refractivity contribution >= 4 is 6.09 Å². The second-order valence-corrected chi connectivity index (χ2v) is 7.04. The molecule has 0 bridgehead atoms. The van der Waals surface area contributed by atoms with Gasteiger partial charge in [0.15, 0.2) is 0 Å². The van der Waals surface area contributed by atoms with Crippen LogP contribution in [0.25, 0.3) is 0 Å². The van der Waals surface area contributed by atoms with Crippen molar-refractivity contribution in [3.63, 3.8) is 0 Å². The van der Waals surface area contributed by atoms with Crippen LogP contribution in [0.4, 0.5) is 4.79 Å². The third-order valence-corrected chi connectivity index (χ3v) is 3.83. The number of ether oxygens (including phenoxy) is 2. The van der Waals surface area contributed by atoms with Crippen molar-refractivity contribution in [1.29, 1.82) is 5.26 Å². The molecule has 0 radical (unpaired) electrons. The van der Waals surface area contributed by atoms with Crippen molar-refractivity contribution < 1.29 is 14.3 Å². The molecule has 1 aliphatic rings. The van der Waals surface area contributed by atoms with Crippen LogP contribution in [-0.2, 0) is 4.74 Å². The maximum Gasteiger partial charge on any atom is 0.410 e. The summed E-state index contributed by atoms with van der Waals surface area (Å²) in [6.45, 7) is 7.54. The zero-order chi connectivity index (χ0) is 17.6. The Kier molecular flexibility index (Phi) is 6.02. The van der Waals surface area contributed by atoms with Gasteiger partial charge in [-0.2, -0.15) is 5.26 Å². The number of hydrogen-bond acceptors (Lipinski definition) is 5. The van der Waals surface area contributed by atoms with Gasteiger partial charge in [-0.1, -0.05) is 0 Å². The minimum Gasteiger partial charge on any atom is -0.477 e. The van der Waals surface area contributed by atoms with Gasteiger partial charge in [-0.25, -0.2) is 9.78 Å². The van der Waals surface area contributed by atoms with Crippen molar-refractivity contribution in [2.24, 2.45) is 5.92 Å². The maximum atomic E-state index is 12.2. The molecule has 1 aromatic heterocycles. The number of amides is 1. The molecule has 0 spiro atoms. The first-order valence-electron chi connectivity index (χ1n) is 8.35. The van der Waals surface area contributed by atoms with E-state index in [4.69, 9.17) is 14.7 Å². The summed E-state index contributed by atoms with van der Waals surface area (Å²) in [6.07, 6.45) is 4.22. The number of pyridine rings is 1. The quantitative estimate of drug-likeness (QED) is 0.845. The van der Waals surface area contributed by atoms with Gasteiger partial charge in [0.2, 0.25) is 5.88 Å². The summed E-state index contributed by atoms with van der Waals surface area (Å²) in [5.41, 5.74) is -0.0312. The highest BCUT2D eigenvalue weighted by atomic mass is 16.6. The third-order valence-electron chi connectivity index (χ3n) is 3.83. The molecule has 0 saturated carbocycles. The normalized spacial score (nSPS) is 17.9. The Morgan fingerprint density at radius 3 is 3.00 bits per heavy atom. The van der Waals surface area contributed by atoms with E-state index in [9.17, 15) is 4.79 Å². The number of nitriles is 1. The topological polar surface area (TPSA) is 75.4 Å². The summed E-state index contributed by atoms with van der Waals surface area (Å²) in [5, 5.41) is 9.03. The van der Waals surface area contributed by atoms with Crippen LogP contribution in [0.1, 0.15) is 45.6 Å². The Hall–Kier alpha value is -2.29. The highest BCUT2D eigenvalue weighted by Crippen LogP contribution is 2.22. The molecule has 2 heterocycles. The second kappa shape index (κ2) is 8.00. The number of likely N-dealkylation sites (tertiary alicyclic amines) is 1. The van der Waals surface area contributed by atoms with Crippen LogP contribution < -0.4 is 4.74 Å². The fraction of sp³-hybridized carbons (Fsp3) is 0.611. The minimum absolute atomic E-state index is 0.246. The fourth-order valence-electron chi connectivity index (χ4n) is 2.71. The predicted octanol–water partition coefficient (Wildman–Crippen LogP) is 3.37. The number of nitrogens with zero attached hydrogens (tertiary/aromatic N) is 3. The Balaban J connectivity index is 1.81. The van der Waals surface area contributed by atoms with E-state index in [1.54, 1.807) is 23.2 Å². The van der Waals surface area contributed by atoms with Crippen molar-refractivity contribution in [2.45, 2.75) is 45.6 Å². The van der Waals surface area contributed by atoms with Gasteiger partial charge >= 0.3 is 6.09 Å². The van der Waals surface area contributed by atoms with E-state index >= 15 is 0 Å². The van der Waals surface area contributed by atoms with Crippen molar-refractivity contribution in [2.75, 3.05) is 19.7 Å². The van der Waals surface area contributed by atoms with Gasteiger partial charge in [-0.15, -0.1) is 0 Å². The van der Waals surface area contributed by atoms with Gasteiger partial charge in [0.25, 0.3) is 0 Å². The molecule has 6 nitrogen and oxygen atoms in total. The maximum absolute atomic E-state index is 12.2. The van der Waals surface area contributed by atoms with Gasteiger partial charge in [-0.05, 0) is 58.1 Å². The SMILES string of the molecule is CC(C)(C)OC(=O)N1CCC[C@@H](CCOc2ncccc2C#N)C1. The van der Waals surface area contributed by atoms with E-state index in [0.29, 0.717) is 30.5 Å². The van der Waals surface area contributed by atoms with Crippen LogP contribution in [-0.4, -0.2) is 41.3 Å². The molecule has 130 valence electrons. The molecule has 1 atom stereocenters. The zero-order valence-corrected chi connectivity index (χ0v) is 14.6. The average Bonchev–Trinajstić information content (AvgIpc) is 2.54. The lowest BCUT2D eigenvalue weighted by molar-refractivity contribution is 0.0154. The Labute approximate surface area is 143 Å². The smallest absolute Gasteiger partial charge is 0.410 e. The first-order chi connectivity index (χ1) is 11.4. The van der Waals surface area contributed by atoms with Gasteiger partial charge in [0.1, 0.15) is 17.2 Å². The molecule has 1 aromatic rings. The summed E-state index contributed by atoms with van der Waals surface area (Å²) in [5.74, 6) is 0.750. The van der Waals surface area contributed by atoms with Crippen molar-refractivity contribution in [1.82, 2.24) is 9.88 Å². The number of aromatic nitrogens is 1. The van der Waals surface area contributed by atoms with Crippen LogP contribution in [0.15, 0.2) is 18.3 Å². The molecular formula is C18H25N3O3. The molecule has 1 fully saturated rings. The summed E-state index contributed by atoms with van der Waals surface area (Å²) in [6, 6.07) is 5.47. The number of hydrogen-bond donors (Lipinski definition) is 0. The van der Waals surface area contributed by atoms with Crippen molar-refractivity contribution in [3.8, 4) is 11.9 Å². The van der Waals surface area contributed by atoms with Crippen LogP contribution in [0.2, 0.25) is 0 Å². The first kappa shape index (κ1) is 18.1. The summed E-state index contributed by atoms with van der Waals surface area (Å²) in [7, 11) is 0. The Bertz CT molecular complexity index is 604. The average molecular weight is 331 g/mol. The van der Waals surface area contributed by atoms with Crippen LogP contribution >= 0.6 is 0 Å². The number of piperidine rings is 1. The lowest BCUT2D eigenvalue weighted by Crippen LogP contribution is -2.43. The van der Waals surface area contributed by atoms with Crippen LogP contribution in [0.3, 0.4) is 0 Å². The van der Waals surface area contributed by atoms with Gasteiger partial charge in [0.05, 0.1) is 6.61 Å². The molecule has 2 rings (SSSR count). The Morgan fingerprint density at radius 1 is 1.50 bits per heavy atom. The fourth-order valence-corrected chi connectivity index (χ4v) is 2.71. The highest BCUT2D eigenvalue weighted by molar-refractivity contribution is 5.68. The summed E-state index contributed by atoms with van der Waals surface area (Å²) in [4.78, 5) is 18.0. The van der Waals surface area contributed by atoms with E-state index < -0.39 is 5.60 Å². The molecule has 0 N–H and O–H groups in total. The van der Waals surface area contributed by atoms with E-state index in [1.807, 2.05) is 20.8 Å². The van der Waals surface area contributed by atoms with Crippen LogP contribution in [0.5, 0.6) is 5.88 Å². The van der Waals surface area contributed by atoms with E-state index in [0.717, 1.165) is 25.8 Å².